The highest BCUT2D eigenvalue weighted by Gasteiger charge is 2.25. The fourth-order valence-electron chi connectivity index (χ4n) is 3.09. The Labute approximate surface area is 123 Å². The third kappa shape index (κ3) is 2.51. The molecular weight excluding hydrogens is 337 g/mol. The van der Waals surface area contributed by atoms with E-state index in [0.717, 1.165) is 18.4 Å². The summed E-state index contributed by atoms with van der Waals surface area (Å²) >= 11 is 2.45. The predicted octanol–water partition coefficient (Wildman–Crippen LogP) is 4.35. The molecule has 1 aromatic heterocycles. The van der Waals surface area contributed by atoms with E-state index in [1.807, 2.05) is 6.92 Å². The number of rotatable bonds is 5. The van der Waals surface area contributed by atoms with Crippen molar-refractivity contribution < 1.29 is 4.79 Å². The SMILES string of the molecule is CCC(=O)c1cn2c(c1CC)CCC[C@@H]2CCI. The molecule has 2 nitrogen and oxygen atoms in total. The van der Waals surface area contributed by atoms with Gasteiger partial charge in [0.05, 0.1) is 0 Å². The van der Waals surface area contributed by atoms with Crippen LogP contribution in [-0.2, 0) is 12.8 Å². The standard InChI is InChI=1S/C15H22INO/c1-3-12-13(15(18)4-2)10-17-11(8-9-16)6-5-7-14(12)17/h10-11H,3-9H2,1-2H3/t11-/m1/s1. The van der Waals surface area contributed by atoms with E-state index >= 15 is 0 Å². The molecular formula is C15H22INO. The van der Waals surface area contributed by atoms with Gasteiger partial charge in [-0.3, -0.25) is 4.79 Å². The zero-order chi connectivity index (χ0) is 13.1. The van der Waals surface area contributed by atoms with E-state index in [0.29, 0.717) is 18.2 Å². The van der Waals surface area contributed by atoms with Crippen LogP contribution in [-0.4, -0.2) is 14.8 Å². The third-order valence-electron chi connectivity index (χ3n) is 4.02. The second kappa shape index (κ2) is 6.22. The molecule has 0 spiro atoms. The average molecular weight is 359 g/mol. The number of halogens is 1. The summed E-state index contributed by atoms with van der Waals surface area (Å²) in [5, 5.41) is 0. The van der Waals surface area contributed by atoms with Gasteiger partial charge in [-0.2, -0.15) is 0 Å². The number of Topliss-reactive ketones (excluding diaryl/α,β-unsaturated/α-hetero) is 1. The first-order chi connectivity index (χ1) is 8.72. The summed E-state index contributed by atoms with van der Waals surface area (Å²) in [6, 6.07) is 0.620. The molecule has 0 N–H and O–H groups in total. The van der Waals surface area contributed by atoms with Crippen molar-refractivity contribution in [1.29, 1.82) is 0 Å². The number of hydrogen-bond acceptors (Lipinski definition) is 1. The first-order valence-electron chi connectivity index (χ1n) is 7.04. The van der Waals surface area contributed by atoms with Crippen LogP contribution in [0.25, 0.3) is 0 Å². The Balaban J connectivity index is 2.43. The highest BCUT2D eigenvalue weighted by Crippen LogP contribution is 2.33. The van der Waals surface area contributed by atoms with Gasteiger partial charge in [-0.05, 0) is 37.7 Å². The Bertz CT molecular complexity index is 436. The number of alkyl halides is 1. The summed E-state index contributed by atoms with van der Waals surface area (Å²) in [4.78, 5) is 12.1. The maximum atomic E-state index is 12.1. The van der Waals surface area contributed by atoms with Gasteiger partial charge in [0.15, 0.2) is 5.78 Å². The van der Waals surface area contributed by atoms with Gasteiger partial charge in [-0.15, -0.1) is 0 Å². The van der Waals surface area contributed by atoms with E-state index < -0.39 is 0 Å². The van der Waals surface area contributed by atoms with E-state index in [9.17, 15) is 4.79 Å². The molecule has 0 amide bonds. The second-order valence-electron chi connectivity index (χ2n) is 5.03. The number of ketones is 1. The highest BCUT2D eigenvalue weighted by molar-refractivity contribution is 14.1. The molecule has 1 aromatic rings. The molecule has 0 bridgehead atoms. The van der Waals surface area contributed by atoms with Crippen molar-refractivity contribution in [2.45, 2.75) is 58.4 Å². The van der Waals surface area contributed by atoms with E-state index in [2.05, 4.69) is 40.3 Å². The minimum absolute atomic E-state index is 0.307. The molecule has 2 rings (SSSR count). The lowest BCUT2D eigenvalue weighted by molar-refractivity contribution is 0.0987. The van der Waals surface area contributed by atoms with Gasteiger partial charge in [0.25, 0.3) is 0 Å². The van der Waals surface area contributed by atoms with Crippen LogP contribution in [0.3, 0.4) is 0 Å². The Morgan fingerprint density at radius 1 is 1.50 bits per heavy atom. The molecule has 1 aliphatic heterocycles. The molecule has 3 heteroatoms. The molecule has 0 saturated heterocycles. The predicted molar refractivity (Wildman–Crippen MR) is 83.9 cm³/mol. The number of aromatic nitrogens is 1. The normalized spacial score (nSPS) is 18.7. The molecule has 0 aliphatic carbocycles. The van der Waals surface area contributed by atoms with Crippen molar-refractivity contribution in [2.75, 3.05) is 4.43 Å². The minimum Gasteiger partial charge on any atom is -0.347 e. The fourth-order valence-corrected chi connectivity index (χ4v) is 3.81. The lowest BCUT2D eigenvalue weighted by Gasteiger charge is -2.26. The van der Waals surface area contributed by atoms with Gasteiger partial charge < -0.3 is 4.57 Å². The summed E-state index contributed by atoms with van der Waals surface area (Å²) in [5.74, 6) is 0.307. The topological polar surface area (TPSA) is 22.0 Å². The van der Waals surface area contributed by atoms with Crippen LogP contribution >= 0.6 is 22.6 Å². The van der Waals surface area contributed by atoms with Crippen molar-refractivity contribution in [1.82, 2.24) is 4.57 Å². The van der Waals surface area contributed by atoms with E-state index in [1.165, 1.54) is 34.9 Å². The first kappa shape index (κ1) is 14.1. The van der Waals surface area contributed by atoms with Crippen molar-refractivity contribution >= 4 is 28.4 Å². The maximum Gasteiger partial charge on any atom is 0.164 e. The maximum absolute atomic E-state index is 12.1. The monoisotopic (exact) mass is 359 g/mol. The summed E-state index contributed by atoms with van der Waals surface area (Å²) in [6.07, 6.45) is 8.68. The number of fused-ring (bicyclic) bond motifs is 1. The Kier molecular flexibility index (Phi) is 4.87. The molecule has 1 atom stereocenters. The Morgan fingerprint density at radius 2 is 2.28 bits per heavy atom. The van der Waals surface area contributed by atoms with Gasteiger partial charge >= 0.3 is 0 Å². The van der Waals surface area contributed by atoms with Gasteiger partial charge in [-0.25, -0.2) is 0 Å². The van der Waals surface area contributed by atoms with Crippen LogP contribution in [0.4, 0.5) is 0 Å². The van der Waals surface area contributed by atoms with Crippen LogP contribution in [0.5, 0.6) is 0 Å². The van der Waals surface area contributed by atoms with E-state index in [4.69, 9.17) is 0 Å². The summed E-state index contributed by atoms with van der Waals surface area (Å²) in [6.45, 7) is 4.13. The van der Waals surface area contributed by atoms with Gasteiger partial charge in [0.1, 0.15) is 0 Å². The Hall–Kier alpha value is -0.320. The van der Waals surface area contributed by atoms with Crippen LogP contribution in [0.15, 0.2) is 6.20 Å². The highest BCUT2D eigenvalue weighted by atomic mass is 127. The van der Waals surface area contributed by atoms with Crippen molar-refractivity contribution in [3.05, 3.63) is 23.0 Å². The van der Waals surface area contributed by atoms with Crippen molar-refractivity contribution in [3.63, 3.8) is 0 Å². The minimum atomic E-state index is 0.307. The van der Waals surface area contributed by atoms with Crippen LogP contribution in [0.1, 0.15) is 67.2 Å². The average Bonchev–Trinajstić information content (AvgIpc) is 2.77. The molecule has 18 heavy (non-hydrogen) atoms. The van der Waals surface area contributed by atoms with Crippen molar-refractivity contribution in [3.8, 4) is 0 Å². The van der Waals surface area contributed by atoms with Gasteiger partial charge in [0, 0.05) is 34.3 Å². The molecule has 100 valence electrons. The van der Waals surface area contributed by atoms with Crippen molar-refractivity contribution in [2.24, 2.45) is 0 Å². The first-order valence-corrected chi connectivity index (χ1v) is 8.57. The number of carbonyl (C=O) groups excluding carboxylic acids is 1. The van der Waals surface area contributed by atoms with E-state index in [-0.39, 0.29) is 0 Å². The molecule has 0 aromatic carbocycles. The van der Waals surface area contributed by atoms with Gasteiger partial charge in [-0.1, -0.05) is 36.4 Å². The number of hydrogen-bond donors (Lipinski definition) is 0. The molecule has 2 heterocycles. The smallest absolute Gasteiger partial charge is 0.164 e. The largest absolute Gasteiger partial charge is 0.347 e. The van der Waals surface area contributed by atoms with Crippen LogP contribution in [0, 0.1) is 0 Å². The zero-order valence-corrected chi connectivity index (χ0v) is 13.5. The summed E-state index contributed by atoms with van der Waals surface area (Å²) in [5.41, 5.74) is 3.76. The number of nitrogens with zero attached hydrogens (tertiary/aromatic N) is 1. The number of carbonyl (C=O) groups is 1. The van der Waals surface area contributed by atoms with E-state index in [1.54, 1.807) is 0 Å². The zero-order valence-electron chi connectivity index (χ0n) is 11.3. The molecule has 0 radical (unpaired) electrons. The van der Waals surface area contributed by atoms with Crippen LogP contribution in [0.2, 0.25) is 0 Å². The molecule has 0 unspecified atom stereocenters. The molecule has 0 saturated carbocycles. The molecule has 1 aliphatic rings. The lowest BCUT2D eigenvalue weighted by Crippen LogP contribution is -2.17. The second-order valence-corrected chi connectivity index (χ2v) is 6.11. The molecule has 0 fully saturated rings. The lowest BCUT2D eigenvalue weighted by atomic mass is 9.97. The third-order valence-corrected chi connectivity index (χ3v) is 4.64. The van der Waals surface area contributed by atoms with Crippen LogP contribution < -0.4 is 0 Å². The summed E-state index contributed by atoms with van der Waals surface area (Å²) < 4.78 is 3.61. The fraction of sp³-hybridized carbons (Fsp3) is 0.667. The quantitative estimate of drug-likeness (QED) is 0.435. The van der Waals surface area contributed by atoms with Gasteiger partial charge in [0.2, 0.25) is 0 Å². The Morgan fingerprint density at radius 3 is 2.89 bits per heavy atom. The summed E-state index contributed by atoms with van der Waals surface area (Å²) in [7, 11) is 0.